The number of halogens is 3. The molecule has 0 atom stereocenters. The first kappa shape index (κ1) is 27.7. The van der Waals surface area contributed by atoms with Gasteiger partial charge in [0.1, 0.15) is 10.7 Å². The van der Waals surface area contributed by atoms with Crippen LogP contribution in [-0.2, 0) is 16.6 Å². The van der Waals surface area contributed by atoms with E-state index in [1.165, 1.54) is 12.3 Å². The maximum Gasteiger partial charge on any atom is 0.307 e. The number of furan rings is 1. The molecule has 0 unspecified atom stereocenters. The van der Waals surface area contributed by atoms with E-state index in [1.54, 1.807) is 16.8 Å². The van der Waals surface area contributed by atoms with E-state index in [0.717, 1.165) is 23.0 Å². The lowest BCUT2D eigenvalue weighted by molar-refractivity contribution is -0.654. The maximum absolute atomic E-state index is 13.1. The second-order valence-corrected chi connectivity index (χ2v) is 8.83. The summed E-state index contributed by atoms with van der Waals surface area (Å²) >= 11 is 6.12. The van der Waals surface area contributed by atoms with Crippen molar-refractivity contribution in [2.45, 2.75) is 32.2 Å². The molecular weight excluding hydrogens is 499 g/mol. The first-order chi connectivity index (χ1) is 14.1. The van der Waals surface area contributed by atoms with Crippen LogP contribution in [0.25, 0.3) is 0 Å². The Morgan fingerprint density at radius 2 is 1.78 bits per heavy atom. The lowest BCUT2D eigenvalue weighted by atomic mass is 10.1. The minimum Gasteiger partial charge on any atom is -1.00 e. The van der Waals surface area contributed by atoms with Gasteiger partial charge in [-0.05, 0) is 36.8 Å². The van der Waals surface area contributed by atoms with Crippen molar-refractivity contribution in [3.05, 3.63) is 76.0 Å². The van der Waals surface area contributed by atoms with E-state index in [0.29, 0.717) is 11.4 Å². The predicted octanol–water partition coefficient (Wildman–Crippen LogP) is 0.215. The average molecular weight is 522 g/mol. The molecule has 3 rings (SSSR count). The second-order valence-electron chi connectivity index (χ2n) is 6.90. The highest BCUT2D eigenvalue weighted by atomic mass is 35.5. The minimum atomic E-state index is -4.12. The quantitative estimate of drug-likeness (QED) is 0.401. The highest BCUT2D eigenvalue weighted by Crippen LogP contribution is 2.29. The molecule has 0 saturated carbocycles. The normalized spacial score (nSPS) is 10.7. The fourth-order valence-corrected chi connectivity index (χ4v) is 4.25. The summed E-state index contributed by atoms with van der Waals surface area (Å²) in [7, 11) is -4.12. The van der Waals surface area contributed by atoms with Crippen LogP contribution in [0.3, 0.4) is 0 Å². The topological polar surface area (TPSA) is 118 Å². The molecule has 0 saturated heterocycles. The van der Waals surface area contributed by atoms with Gasteiger partial charge in [-0.1, -0.05) is 16.3 Å². The number of amides is 1. The van der Waals surface area contributed by atoms with E-state index in [2.05, 4.69) is 10.7 Å². The Kier molecular flexibility index (Phi) is 9.55. The summed E-state index contributed by atoms with van der Waals surface area (Å²) < 4.78 is 30.7. The first-order valence-corrected chi connectivity index (χ1v) is 10.9. The molecule has 32 heavy (non-hydrogen) atoms. The van der Waals surface area contributed by atoms with Crippen LogP contribution in [0.2, 0.25) is 5.02 Å². The third kappa shape index (κ3) is 6.36. The van der Waals surface area contributed by atoms with Crippen molar-refractivity contribution < 1.29 is 34.7 Å². The third-order valence-electron chi connectivity index (χ3n) is 4.45. The molecule has 4 N–H and O–H groups in total. The van der Waals surface area contributed by atoms with E-state index in [4.69, 9.17) is 21.2 Å². The van der Waals surface area contributed by atoms with Crippen molar-refractivity contribution in [2.75, 3.05) is 10.7 Å². The number of hydrogen-bond acceptors (Lipinski definition) is 5. The zero-order valence-corrected chi connectivity index (χ0v) is 20.6. The number of nitrogens with one attached hydrogen (secondary N) is 2. The number of rotatable bonds is 6. The SMILES string of the molecule is Cc1cc(C)[n+](NC(=O)c2cc(S(N)(=O)=O)c(Cl)cc2NCc2ccco2)c(C)c1.Cl.[Cl-]. The molecule has 0 aliphatic heterocycles. The smallest absolute Gasteiger partial charge is 0.307 e. The summed E-state index contributed by atoms with van der Waals surface area (Å²) in [4.78, 5) is 12.8. The average Bonchev–Trinajstić information content (AvgIpc) is 3.15. The van der Waals surface area contributed by atoms with E-state index in [9.17, 15) is 13.2 Å². The van der Waals surface area contributed by atoms with E-state index in [-0.39, 0.29) is 46.8 Å². The largest absolute Gasteiger partial charge is 1.00 e. The summed E-state index contributed by atoms with van der Waals surface area (Å²) in [5, 5.41) is 8.23. The fraction of sp³-hybridized carbons (Fsp3) is 0.200. The molecule has 0 radical (unpaired) electrons. The summed E-state index contributed by atoms with van der Waals surface area (Å²) in [5.74, 6) is 0.103. The number of nitrogens with zero attached hydrogens (tertiary/aromatic N) is 1. The fourth-order valence-electron chi connectivity index (χ4n) is 3.15. The number of aryl methyl sites for hydroxylation is 3. The van der Waals surface area contributed by atoms with E-state index >= 15 is 0 Å². The molecule has 8 nitrogen and oxygen atoms in total. The van der Waals surface area contributed by atoms with Crippen LogP contribution in [0.1, 0.15) is 33.1 Å². The van der Waals surface area contributed by atoms with Crippen molar-refractivity contribution >= 4 is 45.6 Å². The van der Waals surface area contributed by atoms with Crippen molar-refractivity contribution in [3.8, 4) is 0 Å². The zero-order chi connectivity index (χ0) is 22.1. The maximum atomic E-state index is 13.1. The van der Waals surface area contributed by atoms with Gasteiger partial charge in [-0.25, -0.2) is 13.6 Å². The number of aromatic nitrogens is 1. The highest BCUT2D eigenvalue weighted by Gasteiger charge is 2.24. The number of pyridine rings is 1. The van der Waals surface area contributed by atoms with Crippen molar-refractivity contribution in [1.82, 2.24) is 0 Å². The van der Waals surface area contributed by atoms with Gasteiger partial charge in [-0.3, -0.25) is 4.79 Å². The van der Waals surface area contributed by atoms with Crippen molar-refractivity contribution in [3.63, 3.8) is 0 Å². The highest BCUT2D eigenvalue weighted by molar-refractivity contribution is 7.89. The Morgan fingerprint density at radius 3 is 2.31 bits per heavy atom. The molecule has 0 fully saturated rings. The van der Waals surface area contributed by atoms with Crippen LogP contribution in [0, 0.1) is 20.8 Å². The Morgan fingerprint density at radius 1 is 1.16 bits per heavy atom. The Balaban J connectivity index is 0.00000256. The van der Waals surface area contributed by atoms with Gasteiger partial charge in [-0.15, -0.1) is 17.8 Å². The molecule has 0 bridgehead atoms. The van der Waals surface area contributed by atoms with Crippen molar-refractivity contribution in [1.29, 1.82) is 0 Å². The molecule has 2 heterocycles. The van der Waals surface area contributed by atoms with Crippen molar-refractivity contribution in [2.24, 2.45) is 5.14 Å². The molecule has 1 aromatic carbocycles. The predicted molar refractivity (Wildman–Crippen MR) is 121 cm³/mol. The van der Waals surface area contributed by atoms with Gasteiger partial charge >= 0.3 is 5.91 Å². The molecule has 3 aromatic rings. The van der Waals surface area contributed by atoms with E-state index in [1.807, 2.05) is 32.9 Å². The molecule has 0 aliphatic rings. The number of benzene rings is 1. The molecule has 1 amide bonds. The molecule has 174 valence electrons. The molecule has 12 heteroatoms. The van der Waals surface area contributed by atoms with E-state index < -0.39 is 15.9 Å². The van der Waals surface area contributed by atoms with Gasteiger partial charge in [0, 0.05) is 31.7 Å². The first-order valence-electron chi connectivity index (χ1n) is 9.00. The number of anilines is 1. The van der Waals surface area contributed by atoms with Gasteiger partial charge in [0.25, 0.3) is 0 Å². The summed E-state index contributed by atoms with van der Waals surface area (Å²) in [6.07, 6.45) is 1.53. The number of carbonyl (C=O) groups is 1. The molecular formula is C20H23Cl3N4O4S. The number of sulfonamides is 1. The lowest BCUT2D eigenvalue weighted by Gasteiger charge is -2.14. The van der Waals surface area contributed by atoms with Crippen LogP contribution < -0.4 is 33.0 Å². The van der Waals surface area contributed by atoms with Gasteiger partial charge in [0.05, 0.1) is 23.4 Å². The van der Waals surface area contributed by atoms with Gasteiger partial charge in [0.15, 0.2) is 0 Å². The lowest BCUT2D eigenvalue weighted by Crippen LogP contribution is -3.00. The Bertz CT molecular complexity index is 1190. The molecule has 2 aromatic heterocycles. The summed E-state index contributed by atoms with van der Waals surface area (Å²) in [6.45, 7) is 5.94. The molecule has 0 spiro atoms. The standard InChI is InChI=1S/C20H21ClN4O4S.2ClH/c1-12-7-13(2)25(14(3)8-12)24-20(26)16-9-19(30(22,27)28)17(21)10-18(16)23-11-15-5-4-6-29-15;;/h4-10H,11H2,1-3H3,(H3-,22,23,24,26,27,28);2*1H. The van der Waals surface area contributed by atoms with Crippen LogP contribution in [0.5, 0.6) is 0 Å². The monoisotopic (exact) mass is 520 g/mol. The Labute approximate surface area is 204 Å². The van der Waals surface area contributed by atoms with Crippen LogP contribution in [0.15, 0.2) is 52.0 Å². The third-order valence-corrected chi connectivity index (χ3v) is 5.82. The van der Waals surface area contributed by atoms with Gasteiger partial charge < -0.3 is 22.1 Å². The van der Waals surface area contributed by atoms with Crippen LogP contribution in [0.4, 0.5) is 5.69 Å². The number of hydrogen-bond donors (Lipinski definition) is 3. The van der Waals surface area contributed by atoms with Gasteiger partial charge in [-0.2, -0.15) is 0 Å². The number of primary sulfonamides is 1. The van der Waals surface area contributed by atoms with Crippen LogP contribution >= 0.6 is 24.0 Å². The minimum absolute atomic E-state index is 0. The molecule has 0 aliphatic carbocycles. The second kappa shape index (κ2) is 11.0. The van der Waals surface area contributed by atoms with Crippen LogP contribution in [-0.4, -0.2) is 14.3 Å². The number of carbonyl (C=O) groups excluding carboxylic acids is 1. The summed E-state index contributed by atoms with van der Waals surface area (Å²) in [6, 6.07) is 9.86. The zero-order valence-electron chi connectivity index (χ0n) is 17.5. The van der Waals surface area contributed by atoms with Gasteiger partial charge in [0.2, 0.25) is 21.4 Å². The number of nitrogens with two attached hydrogens (primary N) is 1. The summed E-state index contributed by atoms with van der Waals surface area (Å²) in [5.41, 5.74) is 5.88. The Hall–Kier alpha value is -2.30.